The summed E-state index contributed by atoms with van der Waals surface area (Å²) in [6.45, 7) is 7.13. The van der Waals surface area contributed by atoms with Crippen molar-refractivity contribution in [2.45, 2.75) is 19.6 Å². The minimum Gasteiger partial charge on any atom is -0.491 e. The van der Waals surface area contributed by atoms with E-state index in [9.17, 15) is 5.11 Å². The SMILES string of the molecule is Cc1ccc(-c2noc(CN3CCN(CC(O)COc4ccc(Br)cc4)CC3)n2)cc1. The molecule has 1 aliphatic rings. The number of aryl methyl sites for hydroxylation is 1. The van der Waals surface area contributed by atoms with E-state index in [1.165, 1.54) is 5.56 Å². The molecule has 0 aliphatic carbocycles. The van der Waals surface area contributed by atoms with Crippen molar-refractivity contribution >= 4 is 15.9 Å². The minimum atomic E-state index is -0.525. The number of hydrogen-bond donors (Lipinski definition) is 1. The number of ether oxygens (including phenoxy) is 1. The molecule has 1 unspecified atom stereocenters. The summed E-state index contributed by atoms with van der Waals surface area (Å²) in [6, 6.07) is 15.7. The minimum absolute atomic E-state index is 0.283. The molecule has 1 saturated heterocycles. The van der Waals surface area contributed by atoms with Gasteiger partial charge in [0.1, 0.15) is 18.5 Å². The molecule has 31 heavy (non-hydrogen) atoms. The normalized spacial score (nSPS) is 16.4. The maximum Gasteiger partial charge on any atom is 0.241 e. The fourth-order valence-electron chi connectivity index (χ4n) is 3.53. The molecular weight excluding hydrogens is 460 g/mol. The number of rotatable bonds is 8. The quantitative estimate of drug-likeness (QED) is 0.522. The van der Waals surface area contributed by atoms with Crippen molar-refractivity contribution in [1.29, 1.82) is 0 Å². The lowest BCUT2D eigenvalue weighted by Crippen LogP contribution is -2.48. The Bertz CT molecular complexity index is 954. The standard InChI is InChI=1S/C23H27BrN4O3/c1-17-2-4-18(5-3-17)23-25-22(31-26-23)15-28-12-10-27(11-13-28)14-20(29)16-30-21-8-6-19(24)7-9-21/h2-9,20,29H,10-16H2,1H3. The first kappa shape index (κ1) is 22.0. The van der Waals surface area contributed by atoms with Crippen LogP contribution in [0.15, 0.2) is 57.5 Å². The van der Waals surface area contributed by atoms with Crippen molar-refractivity contribution < 1.29 is 14.4 Å². The molecule has 1 fully saturated rings. The molecule has 2 aromatic carbocycles. The van der Waals surface area contributed by atoms with Gasteiger partial charge in [-0.3, -0.25) is 9.80 Å². The zero-order chi connectivity index (χ0) is 21.6. The molecule has 8 heteroatoms. The predicted molar refractivity (Wildman–Crippen MR) is 122 cm³/mol. The molecule has 1 aromatic heterocycles. The molecular formula is C23H27BrN4O3. The van der Waals surface area contributed by atoms with Crippen molar-refractivity contribution in [3.05, 3.63) is 64.5 Å². The first-order valence-corrected chi connectivity index (χ1v) is 11.3. The van der Waals surface area contributed by atoms with E-state index in [0.717, 1.165) is 42.0 Å². The molecule has 7 nitrogen and oxygen atoms in total. The molecule has 0 radical (unpaired) electrons. The molecule has 0 saturated carbocycles. The van der Waals surface area contributed by atoms with E-state index in [4.69, 9.17) is 9.26 Å². The van der Waals surface area contributed by atoms with Crippen molar-refractivity contribution in [1.82, 2.24) is 19.9 Å². The van der Waals surface area contributed by atoms with Gasteiger partial charge in [-0.05, 0) is 31.2 Å². The Morgan fingerprint density at radius 1 is 1.03 bits per heavy atom. The molecule has 2 heterocycles. The van der Waals surface area contributed by atoms with E-state index in [2.05, 4.69) is 42.8 Å². The number of aliphatic hydroxyl groups is 1. The van der Waals surface area contributed by atoms with Gasteiger partial charge < -0.3 is 14.4 Å². The lowest BCUT2D eigenvalue weighted by atomic mass is 10.1. The van der Waals surface area contributed by atoms with E-state index < -0.39 is 6.10 Å². The highest BCUT2D eigenvalue weighted by molar-refractivity contribution is 9.10. The second-order valence-electron chi connectivity index (χ2n) is 7.87. The van der Waals surface area contributed by atoms with E-state index in [-0.39, 0.29) is 6.61 Å². The third-order valence-corrected chi connectivity index (χ3v) is 5.86. The Morgan fingerprint density at radius 2 is 1.71 bits per heavy atom. The van der Waals surface area contributed by atoms with E-state index in [1.54, 1.807) is 0 Å². The Hall–Kier alpha value is -2.26. The first-order valence-electron chi connectivity index (χ1n) is 10.5. The molecule has 3 aromatic rings. The second-order valence-corrected chi connectivity index (χ2v) is 8.79. The van der Waals surface area contributed by atoms with Gasteiger partial charge in [0.25, 0.3) is 0 Å². The Morgan fingerprint density at radius 3 is 2.42 bits per heavy atom. The number of piperazine rings is 1. The fraction of sp³-hybridized carbons (Fsp3) is 0.391. The lowest BCUT2D eigenvalue weighted by molar-refractivity contribution is 0.0426. The lowest BCUT2D eigenvalue weighted by Gasteiger charge is -2.34. The number of aliphatic hydroxyl groups excluding tert-OH is 1. The van der Waals surface area contributed by atoms with E-state index >= 15 is 0 Å². The molecule has 0 spiro atoms. The van der Waals surface area contributed by atoms with Gasteiger partial charge in [-0.2, -0.15) is 4.98 Å². The van der Waals surface area contributed by atoms with Crippen LogP contribution in [0.2, 0.25) is 0 Å². The third kappa shape index (κ3) is 6.36. The monoisotopic (exact) mass is 486 g/mol. The van der Waals surface area contributed by atoms with E-state index in [0.29, 0.717) is 24.8 Å². The maximum absolute atomic E-state index is 10.3. The predicted octanol–water partition coefficient (Wildman–Crippen LogP) is 3.37. The van der Waals surface area contributed by atoms with Crippen molar-refractivity contribution in [3.63, 3.8) is 0 Å². The smallest absolute Gasteiger partial charge is 0.241 e. The van der Waals surface area contributed by atoms with Crippen LogP contribution in [0, 0.1) is 6.92 Å². The molecule has 1 N–H and O–H groups in total. The van der Waals surface area contributed by atoms with Gasteiger partial charge in [-0.1, -0.05) is 50.9 Å². The van der Waals surface area contributed by atoms with E-state index in [1.807, 2.05) is 48.5 Å². The number of aromatic nitrogens is 2. The van der Waals surface area contributed by atoms with Gasteiger partial charge in [0.2, 0.25) is 11.7 Å². The van der Waals surface area contributed by atoms with Crippen LogP contribution >= 0.6 is 15.9 Å². The summed E-state index contributed by atoms with van der Waals surface area (Å²) >= 11 is 3.40. The highest BCUT2D eigenvalue weighted by Gasteiger charge is 2.21. The first-order chi connectivity index (χ1) is 15.0. The average Bonchev–Trinajstić information content (AvgIpc) is 3.24. The Kier molecular flexibility index (Phi) is 7.34. The topological polar surface area (TPSA) is 74.9 Å². The Balaban J connectivity index is 1.19. The van der Waals surface area contributed by atoms with Crippen LogP contribution < -0.4 is 4.74 Å². The number of nitrogens with zero attached hydrogens (tertiary/aromatic N) is 4. The second kappa shape index (κ2) is 10.4. The summed E-state index contributed by atoms with van der Waals surface area (Å²) in [7, 11) is 0. The zero-order valence-corrected chi connectivity index (χ0v) is 19.2. The van der Waals surface area contributed by atoms with Crippen LogP contribution in [0.5, 0.6) is 5.75 Å². The van der Waals surface area contributed by atoms with Gasteiger partial charge in [-0.15, -0.1) is 0 Å². The van der Waals surface area contributed by atoms with Crippen LogP contribution in [0.4, 0.5) is 0 Å². The van der Waals surface area contributed by atoms with Crippen LogP contribution in [0.3, 0.4) is 0 Å². The van der Waals surface area contributed by atoms with Crippen LogP contribution in [0.25, 0.3) is 11.4 Å². The number of hydrogen-bond acceptors (Lipinski definition) is 7. The summed E-state index contributed by atoms with van der Waals surface area (Å²) in [4.78, 5) is 9.10. The summed E-state index contributed by atoms with van der Waals surface area (Å²) in [5.41, 5.74) is 2.17. The largest absolute Gasteiger partial charge is 0.491 e. The number of halogens is 1. The maximum atomic E-state index is 10.3. The fourth-order valence-corrected chi connectivity index (χ4v) is 3.80. The molecule has 4 rings (SSSR count). The highest BCUT2D eigenvalue weighted by atomic mass is 79.9. The summed E-state index contributed by atoms with van der Waals surface area (Å²) in [5, 5.41) is 14.4. The molecule has 0 amide bonds. The van der Waals surface area contributed by atoms with Gasteiger partial charge in [0.05, 0.1) is 6.54 Å². The highest BCUT2D eigenvalue weighted by Crippen LogP contribution is 2.18. The summed E-state index contributed by atoms with van der Waals surface area (Å²) in [6.07, 6.45) is -0.525. The van der Waals surface area contributed by atoms with Gasteiger partial charge >= 0.3 is 0 Å². The van der Waals surface area contributed by atoms with Crippen molar-refractivity contribution in [2.24, 2.45) is 0 Å². The Labute approximate surface area is 190 Å². The van der Waals surface area contributed by atoms with Gasteiger partial charge in [0.15, 0.2) is 0 Å². The number of β-amino-alcohol motifs (C(OH)–C–C–N with tert-alkyl or cyclic N) is 1. The molecule has 164 valence electrons. The summed E-state index contributed by atoms with van der Waals surface area (Å²) in [5.74, 6) is 2.02. The number of benzene rings is 2. The molecule has 0 bridgehead atoms. The molecule has 1 aliphatic heterocycles. The van der Waals surface area contributed by atoms with Crippen molar-refractivity contribution in [3.8, 4) is 17.1 Å². The summed E-state index contributed by atoms with van der Waals surface area (Å²) < 4.78 is 12.1. The average molecular weight is 487 g/mol. The zero-order valence-electron chi connectivity index (χ0n) is 17.6. The van der Waals surface area contributed by atoms with Crippen LogP contribution in [0.1, 0.15) is 11.5 Å². The molecule has 1 atom stereocenters. The third-order valence-electron chi connectivity index (χ3n) is 5.33. The van der Waals surface area contributed by atoms with Crippen LogP contribution in [-0.4, -0.2) is 70.5 Å². The van der Waals surface area contributed by atoms with Crippen molar-refractivity contribution in [2.75, 3.05) is 39.3 Å². The van der Waals surface area contributed by atoms with Crippen LogP contribution in [-0.2, 0) is 6.54 Å². The van der Waals surface area contributed by atoms with Gasteiger partial charge in [-0.25, -0.2) is 0 Å². The van der Waals surface area contributed by atoms with Gasteiger partial charge in [0, 0.05) is 42.8 Å².